The summed E-state index contributed by atoms with van der Waals surface area (Å²) in [5.41, 5.74) is 2.97. The molecule has 2 heterocycles. The summed E-state index contributed by atoms with van der Waals surface area (Å²) in [6, 6.07) is 16.1. The number of hydrogen-bond acceptors (Lipinski definition) is 5. The lowest BCUT2D eigenvalue weighted by Crippen LogP contribution is -2.70. The van der Waals surface area contributed by atoms with Crippen LogP contribution in [0.1, 0.15) is 24.5 Å². The lowest BCUT2D eigenvalue weighted by Gasteiger charge is -2.49. The Kier molecular flexibility index (Phi) is 6.86. The summed E-state index contributed by atoms with van der Waals surface area (Å²) < 4.78 is 5.45. The van der Waals surface area contributed by atoms with E-state index in [1.807, 2.05) is 49.4 Å². The zero-order valence-corrected chi connectivity index (χ0v) is 19.1. The SMILES string of the molecule is CC1=C(C(=O)OCc2ccccc2)N2C(=O)C(NC(=O)CCc3ccc(Cl)cc3)C2SC1. The van der Waals surface area contributed by atoms with Crippen molar-refractivity contribution in [3.63, 3.8) is 0 Å². The minimum Gasteiger partial charge on any atom is -0.456 e. The van der Waals surface area contributed by atoms with Crippen LogP contribution in [0.2, 0.25) is 5.02 Å². The lowest BCUT2D eigenvalue weighted by molar-refractivity contribution is -0.153. The maximum Gasteiger partial charge on any atom is 0.355 e. The van der Waals surface area contributed by atoms with Gasteiger partial charge in [0.15, 0.2) is 0 Å². The smallest absolute Gasteiger partial charge is 0.355 e. The first-order valence-electron chi connectivity index (χ1n) is 10.3. The fraction of sp³-hybridized carbons (Fsp3) is 0.292. The number of β-lactam (4-membered cyclic amide) rings is 1. The van der Waals surface area contributed by atoms with Crippen molar-refractivity contribution in [2.24, 2.45) is 0 Å². The molecule has 0 spiro atoms. The number of esters is 1. The van der Waals surface area contributed by atoms with Crippen LogP contribution < -0.4 is 5.32 Å². The number of carbonyl (C=O) groups is 3. The number of nitrogens with zero attached hydrogens (tertiary/aromatic N) is 1. The largest absolute Gasteiger partial charge is 0.456 e. The van der Waals surface area contributed by atoms with E-state index in [9.17, 15) is 14.4 Å². The van der Waals surface area contributed by atoms with Gasteiger partial charge in [0.05, 0.1) is 0 Å². The summed E-state index contributed by atoms with van der Waals surface area (Å²) in [5, 5.41) is 3.17. The summed E-state index contributed by atoms with van der Waals surface area (Å²) in [4.78, 5) is 39.5. The molecule has 1 fully saturated rings. The van der Waals surface area contributed by atoms with E-state index in [1.165, 1.54) is 16.7 Å². The van der Waals surface area contributed by atoms with Crippen LogP contribution in [0.25, 0.3) is 0 Å². The number of benzene rings is 2. The summed E-state index contributed by atoms with van der Waals surface area (Å²) in [6.45, 7) is 1.97. The van der Waals surface area contributed by atoms with Crippen molar-refractivity contribution >= 4 is 41.1 Å². The second-order valence-corrected chi connectivity index (χ2v) is 9.31. The molecule has 2 aliphatic heterocycles. The molecule has 2 amide bonds. The van der Waals surface area contributed by atoms with Crippen molar-refractivity contribution in [1.82, 2.24) is 10.2 Å². The Morgan fingerprint density at radius 3 is 2.56 bits per heavy atom. The second-order valence-electron chi connectivity index (χ2n) is 7.77. The number of halogens is 1. The molecule has 0 bridgehead atoms. The molecule has 2 atom stereocenters. The second kappa shape index (κ2) is 9.79. The quantitative estimate of drug-likeness (QED) is 0.493. The highest BCUT2D eigenvalue weighted by Crippen LogP contribution is 2.40. The topological polar surface area (TPSA) is 75.7 Å². The number of aryl methyl sites for hydroxylation is 1. The van der Waals surface area contributed by atoms with E-state index in [0.717, 1.165) is 16.7 Å². The maximum absolute atomic E-state index is 12.8. The van der Waals surface area contributed by atoms with Gasteiger partial charge < -0.3 is 10.1 Å². The molecule has 0 saturated carbocycles. The van der Waals surface area contributed by atoms with E-state index in [2.05, 4.69) is 5.32 Å². The van der Waals surface area contributed by atoms with Gasteiger partial charge in [-0.25, -0.2) is 4.79 Å². The van der Waals surface area contributed by atoms with Crippen LogP contribution in [0.5, 0.6) is 0 Å². The van der Waals surface area contributed by atoms with Gasteiger partial charge in [0, 0.05) is 17.2 Å². The first-order chi connectivity index (χ1) is 15.4. The lowest BCUT2D eigenvalue weighted by atomic mass is 10.0. The molecule has 4 rings (SSSR count). The average molecular weight is 471 g/mol. The molecule has 8 heteroatoms. The Hall–Kier alpha value is -2.77. The van der Waals surface area contributed by atoms with E-state index >= 15 is 0 Å². The first kappa shape index (κ1) is 22.4. The Balaban J connectivity index is 1.34. The maximum atomic E-state index is 12.8. The van der Waals surface area contributed by atoms with Gasteiger partial charge >= 0.3 is 5.97 Å². The molecule has 2 aromatic rings. The molecule has 2 unspecified atom stereocenters. The van der Waals surface area contributed by atoms with Crippen molar-refractivity contribution < 1.29 is 19.1 Å². The fourth-order valence-corrected chi connectivity index (χ4v) is 5.13. The molecule has 1 saturated heterocycles. The van der Waals surface area contributed by atoms with E-state index in [-0.39, 0.29) is 30.2 Å². The van der Waals surface area contributed by atoms with Crippen LogP contribution in [0, 0.1) is 0 Å². The zero-order valence-electron chi connectivity index (χ0n) is 17.5. The number of rotatable bonds is 7. The molecule has 2 aliphatic rings. The molecule has 32 heavy (non-hydrogen) atoms. The van der Waals surface area contributed by atoms with Gasteiger partial charge in [-0.15, -0.1) is 11.8 Å². The Morgan fingerprint density at radius 2 is 1.84 bits per heavy atom. The van der Waals surface area contributed by atoms with Crippen LogP contribution in [0.3, 0.4) is 0 Å². The van der Waals surface area contributed by atoms with Crippen LogP contribution >= 0.6 is 23.4 Å². The summed E-state index contributed by atoms with van der Waals surface area (Å²) in [5.74, 6) is -0.398. The van der Waals surface area contributed by atoms with Gasteiger partial charge in [-0.3, -0.25) is 14.5 Å². The van der Waals surface area contributed by atoms with E-state index in [1.54, 1.807) is 12.1 Å². The minimum absolute atomic E-state index is 0.140. The predicted molar refractivity (Wildman–Crippen MR) is 124 cm³/mol. The number of hydrogen-bond donors (Lipinski definition) is 1. The Labute approximate surface area is 196 Å². The molecular formula is C24H23ClN2O4S. The van der Waals surface area contributed by atoms with E-state index in [0.29, 0.717) is 22.9 Å². The number of ether oxygens (including phenoxy) is 1. The predicted octanol–water partition coefficient (Wildman–Crippen LogP) is 3.69. The van der Waals surface area contributed by atoms with Crippen molar-refractivity contribution in [2.45, 2.75) is 37.8 Å². The zero-order chi connectivity index (χ0) is 22.7. The molecular weight excluding hydrogens is 448 g/mol. The first-order valence-corrected chi connectivity index (χ1v) is 11.8. The van der Waals surface area contributed by atoms with E-state index in [4.69, 9.17) is 16.3 Å². The number of thioether (sulfide) groups is 1. The molecule has 0 aromatic heterocycles. The monoisotopic (exact) mass is 470 g/mol. The van der Waals surface area contributed by atoms with Gasteiger partial charge in [0.2, 0.25) is 5.91 Å². The Bertz CT molecular complexity index is 1060. The van der Waals surface area contributed by atoms with Gasteiger partial charge in [0.25, 0.3) is 5.91 Å². The molecule has 6 nitrogen and oxygen atoms in total. The van der Waals surface area contributed by atoms with Crippen molar-refractivity contribution in [1.29, 1.82) is 0 Å². The number of nitrogens with one attached hydrogen (secondary N) is 1. The number of carbonyl (C=O) groups excluding carboxylic acids is 3. The van der Waals surface area contributed by atoms with E-state index < -0.39 is 12.0 Å². The standard InChI is InChI=1S/C24H23ClN2O4S/c1-15-14-32-23-20(26-19(28)12-9-16-7-10-18(25)11-8-16)22(29)27(23)21(15)24(30)31-13-17-5-3-2-4-6-17/h2-8,10-11,20,23H,9,12-14H2,1H3,(H,26,28). The van der Waals surface area contributed by atoms with Crippen LogP contribution in [0.15, 0.2) is 65.9 Å². The van der Waals surface area contributed by atoms with Crippen molar-refractivity contribution in [3.05, 3.63) is 82.0 Å². The Morgan fingerprint density at radius 1 is 1.12 bits per heavy atom. The van der Waals surface area contributed by atoms with Gasteiger partial charge in [-0.05, 0) is 42.2 Å². The van der Waals surface area contributed by atoms with Crippen LogP contribution in [-0.2, 0) is 32.1 Å². The number of fused-ring (bicyclic) bond motifs is 1. The molecule has 1 N–H and O–H groups in total. The number of amides is 2. The summed E-state index contributed by atoms with van der Waals surface area (Å²) in [7, 11) is 0. The van der Waals surface area contributed by atoms with Crippen LogP contribution in [0.4, 0.5) is 0 Å². The third-order valence-electron chi connectivity index (χ3n) is 5.44. The summed E-state index contributed by atoms with van der Waals surface area (Å²) >= 11 is 7.42. The average Bonchev–Trinajstić information content (AvgIpc) is 2.81. The van der Waals surface area contributed by atoms with Gasteiger partial charge in [-0.2, -0.15) is 0 Å². The third kappa shape index (κ3) is 4.84. The van der Waals surface area contributed by atoms with Gasteiger partial charge in [-0.1, -0.05) is 54.1 Å². The summed E-state index contributed by atoms with van der Waals surface area (Å²) in [6.07, 6.45) is 0.825. The highest BCUT2D eigenvalue weighted by atomic mass is 35.5. The highest BCUT2D eigenvalue weighted by molar-refractivity contribution is 8.00. The molecule has 2 aromatic carbocycles. The molecule has 0 radical (unpaired) electrons. The van der Waals surface area contributed by atoms with Crippen molar-refractivity contribution in [3.8, 4) is 0 Å². The normalized spacial score (nSPS) is 19.8. The fourth-order valence-electron chi connectivity index (χ4n) is 3.71. The van der Waals surface area contributed by atoms with Crippen LogP contribution in [-0.4, -0.2) is 39.9 Å². The van der Waals surface area contributed by atoms with Crippen molar-refractivity contribution in [2.75, 3.05) is 5.75 Å². The third-order valence-corrected chi connectivity index (χ3v) is 7.11. The highest BCUT2D eigenvalue weighted by Gasteiger charge is 2.53. The minimum atomic E-state index is -0.636. The molecule has 0 aliphatic carbocycles. The molecule has 166 valence electrons. The van der Waals surface area contributed by atoms with Gasteiger partial charge in [0.1, 0.15) is 23.7 Å².